The Balaban J connectivity index is 1.08. The second kappa shape index (κ2) is 13.0. The molecule has 3 aromatic heterocycles. The third kappa shape index (κ3) is 4.89. The van der Waals surface area contributed by atoms with Crippen molar-refractivity contribution in [2.75, 3.05) is 0 Å². The van der Waals surface area contributed by atoms with Crippen LogP contribution in [0.25, 0.3) is 105 Å². The monoisotopic (exact) mass is 805 g/mol. The van der Waals surface area contributed by atoms with Gasteiger partial charge < -0.3 is 14.3 Å². The van der Waals surface area contributed by atoms with Crippen molar-refractivity contribution < 1.29 is 4.42 Å². The van der Waals surface area contributed by atoms with Gasteiger partial charge in [0.15, 0.2) is 5.84 Å². The molecule has 63 heavy (non-hydrogen) atoms. The van der Waals surface area contributed by atoms with Crippen molar-refractivity contribution >= 4 is 77.3 Å². The lowest BCUT2D eigenvalue weighted by molar-refractivity contribution is 0.661. The molecule has 5 heterocycles. The van der Waals surface area contributed by atoms with Gasteiger partial charge in [-0.25, -0.2) is 4.99 Å². The summed E-state index contributed by atoms with van der Waals surface area (Å²) < 4.78 is 11.3. The number of aliphatic imine (C=N–C) groups is 2. The number of rotatable bonds is 3. The highest BCUT2D eigenvalue weighted by Gasteiger charge is 2.30. The Bertz CT molecular complexity index is 3940. The standard InChI is InChI=1S/C57H35N5O/c1-2-14-34(15-3-1)35-28-30-36(31-29-35)55-58-56(46-23-13-27-50-51(46)45-20-8-11-26-49(45)63-50)60-57(59-55)62-48-25-10-7-19-40(48)43-32-33-44-42-22-12-21-41-38-17-5-4-16-37(38)39-18-6-9-24-47(39)61(52(41)42)53(44)54(43)62/h1-33,55H,(H,58,59,60). The van der Waals surface area contributed by atoms with E-state index >= 15 is 0 Å². The highest BCUT2D eigenvalue weighted by atomic mass is 16.3. The van der Waals surface area contributed by atoms with E-state index < -0.39 is 6.17 Å². The summed E-state index contributed by atoms with van der Waals surface area (Å²) in [7, 11) is 0. The molecule has 12 aromatic rings. The minimum atomic E-state index is -0.448. The van der Waals surface area contributed by atoms with E-state index in [4.69, 9.17) is 14.4 Å². The van der Waals surface area contributed by atoms with Crippen LogP contribution < -0.4 is 5.32 Å². The molecule has 6 nitrogen and oxygen atoms in total. The molecule has 294 valence electrons. The van der Waals surface area contributed by atoms with E-state index in [9.17, 15) is 0 Å². The largest absolute Gasteiger partial charge is 0.456 e. The quantitative estimate of drug-likeness (QED) is 0.193. The molecule has 9 aromatic carbocycles. The van der Waals surface area contributed by atoms with Gasteiger partial charge in [0.1, 0.15) is 17.3 Å². The van der Waals surface area contributed by atoms with E-state index in [2.05, 4.69) is 190 Å². The van der Waals surface area contributed by atoms with Gasteiger partial charge in [-0.05, 0) is 52.1 Å². The molecule has 1 atom stereocenters. The SMILES string of the molecule is c1ccc(-c2ccc(C3N=C(c4cccc5oc6ccccc6c45)N=C(n4c5ccccc5c5ccc6c7cccc8c7n(c6c54)-c4ccccc4-c4ccccc4-8)N3)cc2)cc1. The number of fused-ring (bicyclic) bond motifs is 15. The van der Waals surface area contributed by atoms with Crippen molar-refractivity contribution in [1.29, 1.82) is 0 Å². The Morgan fingerprint density at radius 2 is 1.00 bits per heavy atom. The lowest BCUT2D eigenvalue weighted by Crippen LogP contribution is -2.37. The normalized spacial score (nSPS) is 14.5. The number of amidine groups is 1. The lowest BCUT2D eigenvalue weighted by Gasteiger charge is -2.25. The number of nitrogens with one attached hydrogen (secondary N) is 1. The Kier molecular flexibility index (Phi) is 7.07. The number of hydrogen-bond donors (Lipinski definition) is 1. The zero-order valence-electron chi connectivity index (χ0n) is 33.8. The molecule has 14 rings (SSSR count). The van der Waals surface area contributed by atoms with Crippen molar-refractivity contribution in [2.45, 2.75) is 6.17 Å². The average molecular weight is 806 g/mol. The van der Waals surface area contributed by atoms with Crippen molar-refractivity contribution in [2.24, 2.45) is 9.98 Å². The molecular formula is C57H35N5O. The van der Waals surface area contributed by atoms with Gasteiger partial charge in [-0.15, -0.1) is 0 Å². The number of hydrogen-bond acceptors (Lipinski definition) is 4. The van der Waals surface area contributed by atoms with Gasteiger partial charge in [-0.2, -0.15) is 4.99 Å². The topological polar surface area (TPSA) is 59.8 Å². The molecule has 2 aliphatic heterocycles. The Labute approximate surface area is 361 Å². The molecule has 1 unspecified atom stereocenters. The van der Waals surface area contributed by atoms with Crippen LogP contribution in [-0.2, 0) is 0 Å². The van der Waals surface area contributed by atoms with E-state index in [1.165, 1.54) is 44.1 Å². The molecule has 0 bridgehead atoms. The summed E-state index contributed by atoms with van der Waals surface area (Å²) in [6.45, 7) is 0. The molecule has 1 N–H and O–H groups in total. The first-order valence-electron chi connectivity index (χ1n) is 21.4. The zero-order chi connectivity index (χ0) is 41.2. The zero-order valence-corrected chi connectivity index (χ0v) is 33.8. The summed E-state index contributed by atoms with van der Waals surface area (Å²) in [6.07, 6.45) is -0.448. The van der Waals surface area contributed by atoms with Crippen LogP contribution in [0.1, 0.15) is 17.3 Å². The Hall–Kier alpha value is -8.48. The Morgan fingerprint density at radius 3 is 1.86 bits per heavy atom. The maximum absolute atomic E-state index is 6.42. The first-order valence-corrected chi connectivity index (χ1v) is 21.4. The van der Waals surface area contributed by atoms with Crippen LogP contribution in [0.3, 0.4) is 0 Å². The van der Waals surface area contributed by atoms with Crippen molar-refractivity contribution in [1.82, 2.24) is 14.5 Å². The van der Waals surface area contributed by atoms with E-state index in [1.807, 2.05) is 24.3 Å². The third-order valence-electron chi connectivity index (χ3n) is 13.2. The van der Waals surface area contributed by atoms with Crippen LogP contribution in [0.5, 0.6) is 0 Å². The fourth-order valence-electron chi connectivity index (χ4n) is 10.4. The van der Waals surface area contributed by atoms with Crippen LogP contribution in [-0.4, -0.2) is 20.9 Å². The fraction of sp³-hybridized carbons (Fsp3) is 0.0175. The minimum Gasteiger partial charge on any atom is -0.456 e. The van der Waals surface area contributed by atoms with Crippen LogP contribution in [0.4, 0.5) is 0 Å². The number of furan rings is 1. The summed E-state index contributed by atoms with van der Waals surface area (Å²) in [5.41, 5.74) is 16.4. The average Bonchev–Trinajstić information content (AvgIpc) is 3.99. The van der Waals surface area contributed by atoms with Crippen LogP contribution in [0, 0.1) is 0 Å². The fourth-order valence-corrected chi connectivity index (χ4v) is 10.4. The van der Waals surface area contributed by atoms with E-state index in [0.717, 1.165) is 71.6 Å². The van der Waals surface area contributed by atoms with Gasteiger partial charge in [-0.1, -0.05) is 176 Å². The van der Waals surface area contributed by atoms with Crippen molar-refractivity contribution in [3.8, 4) is 39.1 Å². The number of nitrogens with zero attached hydrogens (tertiary/aromatic N) is 4. The van der Waals surface area contributed by atoms with Gasteiger partial charge in [0.05, 0.1) is 27.8 Å². The second-order valence-electron chi connectivity index (χ2n) is 16.5. The smallest absolute Gasteiger partial charge is 0.212 e. The molecule has 0 saturated carbocycles. The highest BCUT2D eigenvalue weighted by molar-refractivity contribution is 6.29. The van der Waals surface area contributed by atoms with Gasteiger partial charge in [0.25, 0.3) is 0 Å². The summed E-state index contributed by atoms with van der Waals surface area (Å²) in [6, 6.07) is 71.4. The first-order chi connectivity index (χ1) is 31.3. The van der Waals surface area contributed by atoms with Crippen LogP contribution in [0.2, 0.25) is 0 Å². The summed E-state index contributed by atoms with van der Waals surface area (Å²) in [5, 5.41) is 10.6. The van der Waals surface area contributed by atoms with Crippen LogP contribution in [0.15, 0.2) is 215 Å². The van der Waals surface area contributed by atoms with E-state index in [1.54, 1.807) is 0 Å². The summed E-state index contributed by atoms with van der Waals surface area (Å²) in [4.78, 5) is 11.0. The number of para-hydroxylation sites is 4. The summed E-state index contributed by atoms with van der Waals surface area (Å²) >= 11 is 0. The number of aromatic nitrogens is 2. The molecular weight excluding hydrogens is 771 g/mol. The predicted molar refractivity (Wildman–Crippen MR) is 259 cm³/mol. The first kappa shape index (κ1) is 34.3. The summed E-state index contributed by atoms with van der Waals surface area (Å²) in [5.74, 6) is 1.33. The highest BCUT2D eigenvalue weighted by Crippen LogP contribution is 2.49. The molecule has 0 fully saturated rings. The van der Waals surface area contributed by atoms with E-state index in [0.29, 0.717) is 11.8 Å². The second-order valence-corrected chi connectivity index (χ2v) is 16.5. The molecule has 0 saturated heterocycles. The van der Waals surface area contributed by atoms with Crippen LogP contribution >= 0.6 is 0 Å². The van der Waals surface area contributed by atoms with Crippen molar-refractivity contribution in [3.63, 3.8) is 0 Å². The molecule has 2 aliphatic rings. The van der Waals surface area contributed by atoms with Gasteiger partial charge in [0, 0.05) is 49.0 Å². The predicted octanol–water partition coefficient (Wildman–Crippen LogP) is 14.1. The lowest BCUT2D eigenvalue weighted by atomic mass is 9.94. The van der Waals surface area contributed by atoms with Gasteiger partial charge in [0.2, 0.25) is 5.96 Å². The molecule has 0 aliphatic carbocycles. The molecule has 0 amide bonds. The molecule has 6 heteroatoms. The van der Waals surface area contributed by atoms with Gasteiger partial charge >= 0.3 is 0 Å². The Morgan fingerprint density at radius 1 is 0.413 bits per heavy atom. The van der Waals surface area contributed by atoms with Crippen molar-refractivity contribution in [3.05, 3.63) is 211 Å². The van der Waals surface area contributed by atoms with Gasteiger partial charge in [-0.3, -0.25) is 4.57 Å². The minimum absolute atomic E-state index is 0.448. The molecule has 0 radical (unpaired) electrons. The molecule has 0 spiro atoms. The van der Waals surface area contributed by atoms with E-state index in [-0.39, 0.29) is 0 Å². The third-order valence-corrected chi connectivity index (χ3v) is 13.2. The maximum atomic E-state index is 6.42. The number of benzene rings is 9. The maximum Gasteiger partial charge on any atom is 0.212 e.